The molecule has 1 fully saturated rings. The molecule has 1 aliphatic heterocycles. The summed E-state index contributed by atoms with van der Waals surface area (Å²) in [5, 5.41) is 2.77. The Hall–Kier alpha value is -1.76. The molecule has 24 heavy (non-hydrogen) atoms. The fourth-order valence-electron chi connectivity index (χ4n) is 2.81. The van der Waals surface area contributed by atoms with Gasteiger partial charge in [-0.1, -0.05) is 12.1 Å². The zero-order chi connectivity index (χ0) is 17.7. The van der Waals surface area contributed by atoms with E-state index in [-0.39, 0.29) is 12.1 Å². The molecule has 0 spiro atoms. The molecule has 1 N–H and O–H groups in total. The number of hydrogen-bond donors (Lipinski definition) is 1. The maximum atomic E-state index is 12.8. The first-order chi connectivity index (χ1) is 11.3. The Bertz CT molecular complexity index is 555. The molecule has 2 rings (SSSR count). The number of amides is 2. The average Bonchev–Trinajstić information content (AvgIpc) is 2.55. The summed E-state index contributed by atoms with van der Waals surface area (Å²) >= 11 is 0. The first kappa shape index (κ1) is 18.6. The van der Waals surface area contributed by atoms with E-state index in [1.54, 1.807) is 17.9 Å². The van der Waals surface area contributed by atoms with Crippen molar-refractivity contribution >= 4 is 6.03 Å². The largest absolute Gasteiger partial charge is 0.416 e. The number of nitrogens with zero attached hydrogens (tertiary/aromatic N) is 1. The Balaban J connectivity index is 1.93. The van der Waals surface area contributed by atoms with Crippen LogP contribution in [0.4, 0.5) is 18.0 Å². The van der Waals surface area contributed by atoms with E-state index in [0.717, 1.165) is 25.0 Å². The number of piperidine rings is 1. The van der Waals surface area contributed by atoms with Crippen LogP contribution in [0.3, 0.4) is 0 Å². The molecule has 0 bridgehead atoms. The third-order valence-corrected chi connectivity index (χ3v) is 4.19. The van der Waals surface area contributed by atoms with Gasteiger partial charge in [0.25, 0.3) is 0 Å². The van der Waals surface area contributed by atoms with Gasteiger partial charge in [0.2, 0.25) is 0 Å². The van der Waals surface area contributed by atoms with Gasteiger partial charge in [0.1, 0.15) is 0 Å². The second-order valence-corrected chi connectivity index (χ2v) is 5.94. The van der Waals surface area contributed by atoms with Crippen LogP contribution in [0.5, 0.6) is 0 Å². The highest BCUT2D eigenvalue weighted by Gasteiger charge is 2.31. The first-order valence-corrected chi connectivity index (χ1v) is 8.15. The second kappa shape index (κ2) is 7.88. The monoisotopic (exact) mass is 344 g/mol. The molecular weight excluding hydrogens is 321 g/mol. The molecule has 7 heteroatoms. The molecular formula is C17H23F3N2O2. The van der Waals surface area contributed by atoms with E-state index in [1.807, 2.05) is 6.92 Å². The minimum Gasteiger partial charge on any atom is -0.378 e. The molecule has 0 saturated carbocycles. The lowest BCUT2D eigenvalue weighted by Crippen LogP contribution is -2.46. The maximum Gasteiger partial charge on any atom is 0.416 e. The summed E-state index contributed by atoms with van der Waals surface area (Å²) in [6.45, 7) is 5.46. The van der Waals surface area contributed by atoms with Crippen molar-refractivity contribution in [3.63, 3.8) is 0 Å². The van der Waals surface area contributed by atoms with Crippen molar-refractivity contribution in [3.05, 3.63) is 35.4 Å². The van der Waals surface area contributed by atoms with E-state index in [2.05, 4.69) is 5.32 Å². The van der Waals surface area contributed by atoms with Gasteiger partial charge >= 0.3 is 12.2 Å². The normalized spacial score (nSPS) is 17.6. The van der Waals surface area contributed by atoms with Crippen LogP contribution in [0.2, 0.25) is 0 Å². The number of carbonyl (C=O) groups excluding carboxylic acids is 1. The summed E-state index contributed by atoms with van der Waals surface area (Å²) < 4.78 is 43.9. The Kier molecular flexibility index (Phi) is 6.10. The number of rotatable bonds is 4. The SMILES string of the molecule is CCOC1CCN(C(=O)NC(C)c2cccc(C(F)(F)F)c2)CC1. The third kappa shape index (κ3) is 4.87. The van der Waals surface area contributed by atoms with Gasteiger partial charge in [0.15, 0.2) is 0 Å². The van der Waals surface area contributed by atoms with Crippen LogP contribution < -0.4 is 5.32 Å². The van der Waals surface area contributed by atoms with E-state index >= 15 is 0 Å². The summed E-state index contributed by atoms with van der Waals surface area (Å²) in [5.41, 5.74) is -0.277. The molecule has 2 amide bonds. The number of nitrogens with one attached hydrogen (secondary N) is 1. The number of hydrogen-bond acceptors (Lipinski definition) is 2. The Morgan fingerprint density at radius 3 is 2.62 bits per heavy atom. The van der Waals surface area contributed by atoms with E-state index in [9.17, 15) is 18.0 Å². The minimum absolute atomic E-state index is 0.181. The van der Waals surface area contributed by atoms with Crippen LogP contribution in [0.25, 0.3) is 0 Å². The fraction of sp³-hybridized carbons (Fsp3) is 0.588. The van der Waals surface area contributed by atoms with Crippen LogP contribution in [0.15, 0.2) is 24.3 Å². The smallest absolute Gasteiger partial charge is 0.378 e. The Morgan fingerprint density at radius 2 is 2.04 bits per heavy atom. The summed E-state index contributed by atoms with van der Waals surface area (Å²) in [7, 11) is 0. The standard InChI is InChI=1S/C17H23F3N2O2/c1-3-24-15-7-9-22(10-8-15)16(23)21-12(2)13-5-4-6-14(11-13)17(18,19)20/h4-6,11-12,15H,3,7-10H2,1-2H3,(H,21,23). The second-order valence-electron chi connectivity index (χ2n) is 5.94. The summed E-state index contributed by atoms with van der Waals surface area (Å²) in [6, 6.07) is 4.29. The van der Waals surface area contributed by atoms with Crippen molar-refractivity contribution in [2.45, 2.75) is 45.0 Å². The number of alkyl halides is 3. The number of urea groups is 1. The molecule has 1 saturated heterocycles. The van der Waals surface area contributed by atoms with Crippen LogP contribution in [0, 0.1) is 0 Å². The van der Waals surface area contributed by atoms with Crippen molar-refractivity contribution in [2.75, 3.05) is 19.7 Å². The zero-order valence-corrected chi connectivity index (χ0v) is 13.9. The molecule has 1 atom stereocenters. The van der Waals surface area contributed by atoms with Crippen molar-refractivity contribution < 1.29 is 22.7 Å². The summed E-state index contributed by atoms with van der Waals surface area (Å²) in [4.78, 5) is 14.0. The van der Waals surface area contributed by atoms with Gasteiger partial charge in [-0.3, -0.25) is 0 Å². The van der Waals surface area contributed by atoms with Crippen LogP contribution in [-0.4, -0.2) is 36.7 Å². The third-order valence-electron chi connectivity index (χ3n) is 4.19. The molecule has 1 aliphatic rings. The highest BCUT2D eigenvalue weighted by Crippen LogP contribution is 2.30. The average molecular weight is 344 g/mol. The van der Waals surface area contributed by atoms with Crippen molar-refractivity contribution in [3.8, 4) is 0 Å². The Labute approximate surface area is 140 Å². The van der Waals surface area contributed by atoms with Gasteiger partial charge < -0.3 is 15.0 Å². The molecule has 4 nitrogen and oxygen atoms in total. The first-order valence-electron chi connectivity index (χ1n) is 8.15. The van der Waals surface area contributed by atoms with Crippen molar-refractivity contribution in [1.29, 1.82) is 0 Å². The lowest BCUT2D eigenvalue weighted by Gasteiger charge is -2.32. The van der Waals surface area contributed by atoms with Gasteiger partial charge in [-0.15, -0.1) is 0 Å². The molecule has 134 valence electrons. The van der Waals surface area contributed by atoms with Gasteiger partial charge in [-0.2, -0.15) is 13.2 Å². The van der Waals surface area contributed by atoms with E-state index in [1.165, 1.54) is 6.07 Å². The van der Waals surface area contributed by atoms with E-state index in [4.69, 9.17) is 4.74 Å². The molecule has 0 aromatic heterocycles. The summed E-state index contributed by atoms with van der Waals surface area (Å²) in [6.07, 6.45) is -2.65. The highest BCUT2D eigenvalue weighted by atomic mass is 19.4. The van der Waals surface area contributed by atoms with Crippen LogP contribution in [-0.2, 0) is 10.9 Å². The van der Waals surface area contributed by atoms with E-state index in [0.29, 0.717) is 25.3 Å². The number of benzene rings is 1. The van der Waals surface area contributed by atoms with Crippen molar-refractivity contribution in [1.82, 2.24) is 10.2 Å². The number of halogens is 3. The van der Waals surface area contributed by atoms with Crippen LogP contribution in [0.1, 0.15) is 43.9 Å². The van der Waals surface area contributed by atoms with E-state index < -0.39 is 17.8 Å². The topological polar surface area (TPSA) is 41.6 Å². The molecule has 1 unspecified atom stereocenters. The van der Waals surface area contributed by atoms with Gasteiger partial charge in [-0.05, 0) is 44.4 Å². The van der Waals surface area contributed by atoms with Crippen molar-refractivity contribution in [2.24, 2.45) is 0 Å². The van der Waals surface area contributed by atoms with Crippen LogP contribution >= 0.6 is 0 Å². The highest BCUT2D eigenvalue weighted by molar-refractivity contribution is 5.74. The molecule has 1 heterocycles. The molecule has 0 aliphatic carbocycles. The van der Waals surface area contributed by atoms with Gasteiger partial charge in [0.05, 0.1) is 17.7 Å². The number of ether oxygens (including phenoxy) is 1. The molecule has 0 radical (unpaired) electrons. The predicted octanol–water partition coefficient (Wildman–Crippen LogP) is 3.98. The predicted molar refractivity (Wildman–Crippen MR) is 84.6 cm³/mol. The van der Waals surface area contributed by atoms with Gasteiger partial charge in [-0.25, -0.2) is 4.79 Å². The fourth-order valence-corrected chi connectivity index (χ4v) is 2.81. The lowest BCUT2D eigenvalue weighted by atomic mass is 10.0. The Morgan fingerprint density at radius 1 is 1.38 bits per heavy atom. The quantitative estimate of drug-likeness (QED) is 0.898. The van der Waals surface area contributed by atoms with Gasteiger partial charge in [0, 0.05) is 19.7 Å². The molecule has 1 aromatic rings. The minimum atomic E-state index is -4.39. The summed E-state index contributed by atoms with van der Waals surface area (Å²) in [5.74, 6) is 0. The zero-order valence-electron chi connectivity index (χ0n) is 13.9. The number of likely N-dealkylation sites (tertiary alicyclic amines) is 1. The lowest BCUT2D eigenvalue weighted by molar-refractivity contribution is -0.137. The maximum absolute atomic E-state index is 12.8. The number of carbonyl (C=O) groups is 1. The molecule has 1 aromatic carbocycles.